The first kappa shape index (κ1) is 24.2. The second-order valence-electron chi connectivity index (χ2n) is 7.29. The van der Waals surface area contributed by atoms with Crippen molar-refractivity contribution in [1.82, 2.24) is 4.57 Å². The fraction of sp³-hybridized carbons (Fsp3) is 0.120. The molecule has 1 amide bonds. The molecule has 7 nitrogen and oxygen atoms in total. The molecule has 3 aromatic carbocycles. The summed E-state index contributed by atoms with van der Waals surface area (Å²) in [5.74, 6) is 2.26. The quantitative estimate of drug-likeness (QED) is 0.374. The van der Waals surface area contributed by atoms with E-state index in [1.807, 2.05) is 25.1 Å². The van der Waals surface area contributed by atoms with Crippen LogP contribution in [0.5, 0.6) is 5.75 Å². The summed E-state index contributed by atoms with van der Waals surface area (Å²) in [6.45, 7) is 2.67. The number of anilines is 1. The topological polar surface area (TPSA) is 89.8 Å². The lowest BCUT2D eigenvalue weighted by atomic mass is 10.2. The lowest BCUT2D eigenvalue weighted by Gasteiger charge is -2.08. The van der Waals surface area contributed by atoms with Crippen LogP contribution in [0.15, 0.2) is 76.6 Å². The molecule has 1 aromatic heterocycles. The van der Waals surface area contributed by atoms with Gasteiger partial charge in [0.2, 0.25) is 0 Å². The molecule has 0 spiro atoms. The number of benzene rings is 3. The van der Waals surface area contributed by atoms with Gasteiger partial charge in [0.05, 0.1) is 28.3 Å². The van der Waals surface area contributed by atoms with Crippen molar-refractivity contribution in [3.63, 3.8) is 0 Å². The lowest BCUT2D eigenvalue weighted by molar-refractivity contribution is 0.0998. The zero-order chi connectivity index (χ0) is 25.0. The minimum absolute atomic E-state index is 0.0793. The number of thiazole rings is 1. The number of amides is 1. The van der Waals surface area contributed by atoms with Crippen LogP contribution in [0.25, 0.3) is 10.2 Å². The highest BCUT2D eigenvalue weighted by atomic mass is 32.2. The lowest BCUT2D eigenvalue weighted by Crippen LogP contribution is -2.16. The maximum Gasteiger partial charge on any atom is 0.279 e. The fourth-order valence-electron chi connectivity index (χ4n) is 3.30. The number of rotatable bonds is 7. The molecule has 0 saturated carbocycles. The van der Waals surface area contributed by atoms with Gasteiger partial charge in [-0.1, -0.05) is 17.3 Å². The summed E-state index contributed by atoms with van der Waals surface area (Å²) < 4.78 is 48.6. The molecule has 4 aromatic rings. The van der Waals surface area contributed by atoms with Gasteiger partial charge in [0.15, 0.2) is 4.80 Å². The molecule has 0 atom stereocenters. The molecule has 178 valence electrons. The van der Waals surface area contributed by atoms with Crippen LogP contribution in [-0.2, 0) is 16.6 Å². The molecule has 0 aliphatic rings. The number of hydrogen-bond donors (Lipinski definition) is 1. The molecule has 0 aliphatic carbocycles. The Morgan fingerprint density at radius 2 is 1.86 bits per heavy atom. The Morgan fingerprint density at radius 1 is 1.14 bits per heavy atom. The molecular formula is C25H20FN3O4S2. The maximum atomic E-state index is 13.1. The van der Waals surface area contributed by atoms with Crippen LogP contribution in [0, 0.1) is 18.2 Å². The SMILES string of the molecule is C#CCn1c(=NC(=O)c2ccc(NS(=O)(=O)c3ccc(F)cc3)cc2)sc2cc(OCC)ccc21. The minimum atomic E-state index is -3.90. The van der Waals surface area contributed by atoms with E-state index in [9.17, 15) is 17.6 Å². The van der Waals surface area contributed by atoms with Gasteiger partial charge >= 0.3 is 0 Å². The van der Waals surface area contributed by atoms with Gasteiger partial charge in [0.25, 0.3) is 15.9 Å². The van der Waals surface area contributed by atoms with Crippen molar-refractivity contribution < 1.29 is 22.3 Å². The number of aromatic nitrogens is 1. The molecule has 4 rings (SSSR count). The van der Waals surface area contributed by atoms with Gasteiger partial charge in [0, 0.05) is 11.3 Å². The number of carbonyl (C=O) groups excluding carboxylic acids is 1. The Hall–Kier alpha value is -3.94. The van der Waals surface area contributed by atoms with E-state index in [4.69, 9.17) is 11.2 Å². The first-order valence-electron chi connectivity index (χ1n) is 10.5. The summed E-state index contributed by atoms with van der Waals surface area (Å²) in [5, 5.41) is 0. The zero-order valence-electron chi connectivity index (χ0n) is 18.6. The van der Waals surface area contributed by atoms with Crippen LogP contribution in [-0.4, -0.2) is 25.5 Å². The van der Waals surface area contributed by atoms with E-state index in [1.54, 1.807) is 4.57 Å². The highest BCUT2D eigenvalue weighted by Crippen LogP contribution is 2.24. The first-order chi connectivity index (χ1) is 16.8. The Balaban J connectivity index is 1.60. The maximum absolute atomic E-state index is 13.1. The van der Waals surface area contributed by atoms with Gasteiger partial charge < -0.3 is 9.30 Å². The van der Waals surface area contributed by atoms with E-state index in [0.717, 1.165) is 22.3 Å². The third-order valence-electron chi connectivity index (χ3n) is 4.92. The minimum Gasteiger partial charge on any atom is -0.494 e. The zero-order valence-corrected chi connectivity index (χ0v) is 20.2. The average Bonchev–Trinajstić information content (AvgIpc) is 3.16. The normalized spacial score (nSPS) is 11.9. The molecule has 0 bridgehead atoms. The monoisotopic (exact) mass is 509 g/mol. The fourth-order valence-corrected chi connectivity index (χ4v) is 5.41. The summed E-state index contributed by atoms with van der Waals surface area (Å²) in [7, 11) is -3.90. The van der Waals surface area contributed by atoms with Crippen LogP contribution < -0.4 is 14.3 Å². The number of fused-ring (bicyclic) bond motifs is 1. The van der Waals surface area contributed by atoms with Crippen molar-refractivity contribution in [3.8, 4) is 18.1 Å². The molecule has 0 unspecified atom stereocenters. The van der Waals surface area contributed by atoms with E-state index in [0.29, 0.717) is 17.2 Å². The number of carbonyl (C=O) groups is 1. The number of terminal acetylenes is 1. The molecule has 1 N–H and O–H groups in total. The third kappa shape index (κ3) is 5.42. The number of sulfonamides is 1. The molecule has 35 heavy (non-hydrogen) atoms. The Morgan fingerprint density at radius 3 is 2.51 bits per heavy atom. The second-order valence-corrected chi connectivity index (χ2v) is 9.98. The van der Waals surface area contributed by atoms with Gasteiger partial charge in [0.1, 0.15) is 11.6 Å². The summed E-state index contributed by atoms with van der Waals surface area (Å²) in [4.78, 5) is 17.5. The van der Waals surface area contributed by atoms with Gasteiger partial charge in [-0.25, -0.2) is 12.8 Å². The standard InChI is InChI=1S/C25H20FN3O4S2/c1-3-15-29-22-14-11-20(33-4-2)16-23(22)34-25(29)27-24(30)17-5-9-19(10-6-17)28-35(31,32)21-12-7-18(26)8-13-21/h1,5-14,16,28H,4,15H2,2H3. The Kier molecular flexibility index (Phi) is 7.00. The van der Waals surface area contributed by atoms with Crippen LogP contribution in [0.2, 0.25) is 0 Å². The van der Waals surface area contributed by atoms with Crippen LogP contribution in [0.1, 0.15) is 17.3 Å². The van der Waals surface area contributed by atoms with Crippen LogP contribution in [0.3, 0.4) is 0 Å². The molecule has 10 heteroatoms. The highest BCUT2D eigenvalue weighted by Gasteiger charge is 2.15. The summed E-state index contributed by atoms with van der Waals surface area (Å²) in [5.41, 5.74) is 1.36. The molecule has 0 fully saturated rings. The summed E-state index contributed by atoms with van der Waals surface area (Å²) in [6, 6.07) is 15.9. The summed E-state index contributed by atoms with van der Waals surface area (Å²) in [6.07, 6.45) is 5.52. The average molecular weight is 510 g/mol. The van der Waals surface area contributed by atoms with E-state index in [2.05, 4.69) is 15.6 Å². The first-order valence-corrected chi connectivity index (χ1v) is 12.8. The predicted octanol–water partition coefficient (Wildman–Crippen LogP) is 4.42. The Bertz CT molecular complexity index is 1600. The van der Waals surface area contributed by atoms with E-state index >= 15 is 0 Å². The molecule has 1 heterocycles. The number of nitrogens with zero attached hydrogens (tertiary/aromatic N) is 2. The van der Waals surface area contributed by atoms with Crippen molar-refractivity contribution in [2.75, 3.05) is 11.3 Å². The van der Waals surface area contributed by atoms with Crippen LogP contribution in [0.4, 0.5) is 10.1 Å². The van der Waals surface area contributed by atoms with Crippen molar-refractivity contribution >= 4 is 43.2 Å². The number of nitrogens with one attached hydrogen (secondary N) is 1. The molecule has 0 radical (unpaired) electrons. The Labute approximate surface area is 205 Å². The van der Waals surface area contributed by atoms with Crippen molar-refractivity contribution in [2.45, 2.75) is 18.4 Å². The van der Waals surface area contributed by atoms with Gasteiger partial charge in [-0.3, -0.25) is 9.52 Å². The van der Waals surface area contributed by atoms with Gasteiger partial charge in [-0.2, -0.15) is 4.99 Å². The largest absolute Gasteiger partial charge is 0.494 e. The smallest absolute Gasteiger partial charge is 0.279 e. The predicted molar refractivity (Wildman–Crippen MR) is 133 cm³/mol. The number of hydrogen-bond acceptors (Lipinski definition) is 5. The van der Waals surface area contributed by atoms with Crippen molar-refractivity contribution in [3.05, 3.63) is 82.9 Å². The van der Waals surface area contributed by atoms with E-state index in [1.165, 1.54) is 47.7 Å². The number of halogens is 1. The van der Waals surface area contributed by atoms with Crippen LogP contribution >= 0.6 is 11.3 Å². The van der Waals surface area contributed by atoms with Gasteiger partial charge in [-0.15, -0.1) is 6.42 Å². The highest BCUT2D eigenvalue weighted by molar-refractivity contribution is 7.92. The van der Waals surface area contributed by atoms with E-state index in [-0.39, 0.29) is 22.7 Å². The molecule has 0 saturated heterocycles. The van der Waals surface area contributed by atoms with Crippen molar-refractivity contribution in [2.24, 2.45) is 4.99 Å². The van der Waals surface area contributed by atoms with Gasteiger partial charge in [-0.05, 0) is 73.7 Å². The van der Waals surface area contributed by atoms with E-state index < -0.39 is 21.7 Å². The van der Waals surface area contributed by atoms with Crippen molar-refractivity contribution in [1.29, 1.82) is 0 Å². The molecule has 0 aliphatic heterocycles. The third-order valence-corrected chi connectivity index (χ3v) is 7.36. The summed E-state index contributed by atoms with van der Waals surface area (Å²) >= 11 is 1.32. The second kappa shape index (κ2) is 10.1. The number of ether oxygens (including phenoxy) is 1. The molecular weight excluding hydrogens is 489 g/mol.